The summed E-state index contributed by atoms with van der Waals surface area (Å²) >= 11 is 0. The average molecular weight is 1300 g/mol. The van der Waals surface area contributed by atoms with Crippen LogP contribution in [0.25, 0.3) is 0 Å². The van der Waals surface area contributed by atoms with Gasteiger partial charge in [-0.25, -0.2) is 19.2 Å². The molecule has 0 aromatic heterocycles. The number of aliphatic hydroxyl groups excluding tert-OH is 1. The Bertz CT molecular complexity index is 1690. The van der Waals surface area contributed by atoms with Gasteiger partial charge in [0.2, 0.25) is 0 Å². The van der Waals surface area contributed by atoms with E-state index in [0.717, 1.165) is 102 Å². The van der Waals surface area contributed by atoms with E-state index in [1.54, 1.807) is 0 Å². The molecule has 0 spiro atoms. The molecular weight excluding hydrogens is 1160 g/mol. The molecule has 520 valence electrons. The fraction of sp³-hybridized carbons (Fsp3) is 0.928. The molecule has 0 aromatic carbocycles. The number of ether oxygens (including phenoxy) is 4. The Balaban J connectivity index is 4.04. The molecule has 0 fully saturated rings. The predicted molar refractivity (Wildman–Crippen MR) is 372 cm³/mol. The van der Waals surface area contributed by atoms with Crippen molar-refractivity contribution in [3.8, 4) is 0 Å². The maximum atomic E-state index is 12.8. The summed E-state index contributed by atoms with van der Waals surface area (Å²) in [5, 5.41) is 21.7. The molecule has 19 heteroatoms. The smallest absolute Gasteiger partial charge is 0.407 e. The Morgan fingerprint density at radius 3 is 1.07 bits per heavy atom. The Hall–Kier alpha value is -2.72. The molecule has 0 rings (SSSR count). The number of amides is 4. The lowest BCUT2D eigenvalue weighted by atomic mass is 9.83. The topological polar surface area (TPSA) is 209 Å². The number of carbonyl (C=O) groups is 5. The summed E-state index contributed by atoms with van der Waals surface area (Å²) in [6.45, 7) is 24.4. The fourth-order valence-corrected chi connectivity index (χ4v) is 25.8. The van der Waals surface area contributed by atoms with Crippen LogP contribution in [0.2, 0.25) is 51.4 Å². The third-order valence-corrected chi connectivity index (χ3v) is 28.5. The van der Waals surface area contributed by atoms with Gasteiger partial charge >= 0.3 is 32.9 Å². The summed E-state index contributed by atoms with van der Waals surface area (Å²) in [5.41, 5.74) is -1.22. The van der Waals surface area contributed by atoms with Gasteiger partial charge in [0.15, 0.2) is 16.6 Å². The first-order valence-electron chi connectivity index (χ1n) is 36.4. The highest BCUT2D eigenvalue weighted by Gasteiger charge is 2.40. The molecule has 0 aliphatic rings. The second-order valence-corrected chi connectivity index (χ2v) is 40.0. The van der Waals surface area contributed by atoms with Crippen LogP contribution in [0.3, 0.4) is 0 Å². The lowest BCUT2D eigenvalue weighted by molar-refractivity contribution is -0.119. The van der Waals surface area contributed by atoms with Crippen LogP contribution in [0.1, 0.15) is 291 Å². The van der Waals surface area contributed by atoms with Crippen molar-refractivity contribution in [2.75, 3.05) is 52.6 Å². The fourth-order valence-electron chi connectivity index (χ4n) is 11.8. The zero-order valence-corrected chi connectivity index (χ0v) is 61.7. The van der Waals surface area contributed by atoms with Crippen LogP contribution in [-0.2, 0) is 32.0 Å². The SMILES string of the molecule is CCCCCCCCCCCCCCCCC(C)COC(=O)NCCCCCCNC(=O)OCCC[Si](C)(C)O[Si](C)(C)O[Si](C)(C)CCCOC(=O)NCCCCCCNC(=O)OC(CO)(CC=O)C(C)CCCCCCCCCCCCCCCC. The number of hydrogen-bond acceptors (Lipinski definition) is 12. The molecule has 3 unspecified atom stereocenters. The van der Waals surface area contributed by atoms with Crippen molar-refractivity contribution >= 4 is 55.9 Å². The average Bonchev–Trinajstić information content (AvgIpc) is 3.68. The lowest BCUT2D eigenvalue weighted by Crippen LogP contribution is -2.52. The van der Waals surface area contributed by atoms with E-state index >= 15 is 0 Å². The lowest BCUT2D eigenvalue weighted by Gasteiger charge is -2.38. The number of alkyl carbamates (subject to hydrolysis) is 4. The number of nitrogens with one attached hydrogen (secondary N) is 4. The molecule has 3 atom stereocenters. The highest BCUT2D eigenvalue weighted by atomic mass is 28.5. The molecule has 16 nitrogen and oxygen atoms in total. The first-order valence-corrected chi connectivity index (χ1v) is 45.4. The second-order valence-electron chi connectivity index (χ2n) is 27.5. The van der Waals surface area contributed by atoms with Crippen LogP contribution in [0.15, 0.2) is 0 Å². The van der Waals surface area contributed by atoms with Gasteiger partial charge in [-0.3, -0.25) is 0 Å². The normalized spacial score (nSPS) is 13.3. The van der Waals surface area contributed by atoms with Crippen molar-refractivity contribution in [1.82, 2.24) is 21.3 Å². The van der Waals surface area contributed by atoms with Gasteiger partial charge in [0.1, 0.15) is 11.9 Å². The van der Waals surface area contributed by atoms with E-state index < -0.39 is 55.7 Å². The zero-order chi connectivity index (χ0) is 65.3. The largest absolute Gasteiger partial charge is 0.450 e. The molecule has 4 amide bonds. The van der Waals surface area contributed by atoms with E-state index in [0.29, 0.717) is 58.3 Å². The first-order chi connectivity index (χ1) is 42.3. The van der Waals surface area contributed by atoms with Crippen molar-refractivity contribution in [3.05, 3.63) is 0 Å². The van der Waals surface area contributed by atoms with Gasteiger partial charge in [-0.2, -0.15) is 0 Å². The standard InChI is InChI=1S/C69H140N4O12Si3/c1-11-13-15-17-19-21-23-25-27-29-31-33-35-41-49-63(3)61-82-67(78)72-54-45-38-37-43-52-70-65(76)80-57-47-59-86(5,6)84-88(9,10)85-87(7,8)60-48-58-81-66(77)71-53-44-39-40-46-55-73-68(79)83-69(62-75,51-56-74)64(4)50-42-36-34-32-30-28-26-24-22-20-18-16-14-12-2/h56,63-64,75H,11-55,57-62H2,1-10H3,(H,70,76)(H,71,77)(H,72,78)(H,73,79). The quantitative estimate of drug-likeness (QED) is 0.0167. The van der Waals surface area contributed by atoms with Crippen molar-refractivity contribution in [1.29, 1.82) is 0 Å². The number of unbranched alkanes of at least 4 members (excludes halogenated alkanes) is 32. The van der Waals surface area contributed by atoms with Crippen molar-refractivity contribution < 1.29 is 56.3 Å². The number of carbonyl (C=O) groups excluding carboxylic acids is 5. The van der Waals surface area contributed by atoms with Crippen LogP contribution in [0, 0.1) is 11.8 Å². The summed E-state index contributed by atoms with van der Waals surface area (Å²) in [6, 6.07) is 1.67. The summed E-state index contributed by atoms with van der Waals surface area (Å²) in [7, 11) is -6.69. The molecule has 0 radical (unpaired) electrons. The van der Waals surface area contributed by atoms with Crippen LogP contribution in [-0.4, -0.2) is 119 Å². The Morgan fingerprint density at radius 2 is 0.727 bits per heavy atom. The van der Waals surface area contributed by atoms with Gasteiger partial charge in [-0.15, -0.1) is 0 Å². The van der Waals surface area contributed by atoms with Gasteiger partial charge in [-0.1, -0.05) is 233 Å². The van der Waals surface area contributed by atoms with Gasteiger partial charge in [0.05, 0.1) is 26.4 Å². The first kappa shape index (κ1) is 85.3. The van der Waals surface area contributed by atoms with Gasteiger partial charge < -0.3 is 58.3 Å². The molecule has 5 N–H and O–H groups in total. The van der Waals surface area contributed by atoms with Gasteiger partial charge in [0.25, 0.3) is 0 Å². The van der Waals surface area contributed by atoms with E-state index in [-0.39, 0.29) is 18.4 Å². The van der Waals surface area contributed by atoms with Crippen molar-refractivity contribution in [2.24, 2.45) is 11.8 Å². The molecule has 0 aliphatic heterocycles. The van der Waals surface area contributed by atoms with E-state index in [4.69, 9.17) is 27.2 Å². The minimum atomic E-state index is -2.47. The van der Waals surface area contributed by atoms with E-state index in [1.165, 1.54) is 167 Å². The molecule has 0 saturated heterocycles. The predicted octanol–water partition coefficient (Wildman–Crippen LogP) is 19.3. The zero-order valence-electron chi connectivity index (χ0n) is 58.7. The number of aldehydes is 1. The molecule has 0 aromatic rings. The Morgan fingerprint density at radius 1 is 0.420 bits per heavy atom. The third-order valence-electron chi connectivity index (χ3n) is 17.1. The minimum Gasteiger partial charge on any atom is -0.450 e. The molecule has 0 heterocycles. The van der Waals surface area contributed by atoms with Crippen molar-refractivity contribution in [2.45, 2.75) is 348 Å². The maximum Gasteiger partial charge on any atom is 0.407 e. The molecule has 0 bridgehead atoms. The van der Waals surface area contributed by atoms with Crippen molar-refractivity contribution in [3.63, 3.8) is 0 Å². The molecular formula is C69H140N4O12Si3. The molecule has 88 heavy (non-hydrogen) atoms. The number of aliphatic hydroxyl groups is 1. The minimum absolute atomic E-state index is 0.0369. The van der Waals surface area contributed by atoms with Crippen LogP contribution < -0.4 is 21.3 Å². The summed E-state index contributed by atoms with van der Waals surface area (Å²) in [5.74, 6) is 0.227. The number of hydrogen-bond donors (Lipinski definition) is 5. The molecule has 0 aliphatic carbocycles. The van der Waals surface area contributed by atoms with E-state index in [9.17, 15) is 29.1 Å². The maximum absolute atomic E-state index is 12.8. The van der Waals surface area contributed by atoms with Crippen LogP contribution in [0.5, 0.6) is 0 Å². The number of rotatable bonds is 63. The summed E-state index contributed by atoms with van der Waals surface area (Å²) < 4.78 is 35.7. The second kappa shape index (κ2) is 57.0. The Kier molecular flexibility index (Phi) is 55.2. The van der Waals surface area contributed by atoms with E-state index in [1.807, 2.05) is 6.92 Å². The monoisotopic (exact) mass is 1300 g/mol. The van der Waals surface area contributed by atoms with Gasteiger partial charge in [-0.05, 0) is 115 Å². The molecule has 0 saturated carbocycles. The summed E-state index contributed by atoms with van der Waals surface area (Å²) in [4.78, 5) is 61.4. The van der Waals surface area contributed by atoms with Gasteiger partial charge in [0, 0.05) is 32.6 Å². The Labute approximate surface area is 543 Å². The van der Waals surface area contributed by atoms with Crippen LogP contribution >= 0.6 is 0 Å². The third kappa shape index (κ3) is 53.9. The summed E-state index contributed by atoms with van der Waals surface area (Å²) in [6.07, 6.45) is 46.0. The highest BCUT2D eigenvalue weighted by Crippen LogP contribution is 2.31. The van der Waals surface area contributed by atoms with Crippen LogP contribution in [0.4, 0.5) is 19.2 Å². The van der Waals surface area contributed by atoms with E-state index in [2.05, 4.69) is 81.3 Å². The highest BCUT2D eigenvalue weighted by molar-refractivity contribution is 6.87.